The highest BCUT2D eigenvalue weighted by molar-refractivity contribution is 14.1. The third-order valence-electron chi connectivity index (χ3n) is 3.04. The summed E-state index contributed by atoms with van der Waals surface area (Å²) >= 11 is 2.27. The van der Waals surface area contributed by atoms with E-state index in [1.165, 1.54) is 9.13 Å². The predicted octanol–water partition coefficient (Wildman–Crippen LogP) is 4.35. The summed E-state index contributed by atoms with van der Waals surface area (Å²) in [5.74, 6) is 0. The number of aryl methyl sites for hydroxylation is 1. The summed E-state index contributed by atoms with van der Waals surface area (Å²) in [4.78, 5) is 0. The Hall–Kier alpha value is -0.870. The quantitative estimate of drug-likeness (QED) is 0.794. The van der Waals surface area contributed by atoms with Gasteiger partial charge in [0, 0.05) is 3.57 Å². The van der Waals surface area contributed by atoms with Gasteiger partial charge in [-0.05, 0) is 65.1 Å². The van der Waals surface area contributed by atoms with Crippen molar-refractivity contribution in [3.05, 3.63) is 69.3 Å². The van der Waals surface area contributed by atoms with Gasteiger partial charge in [-0.15, -0.1) is 0 Å². The lowest BCUT2D eigenvalue weighted by atomic mass is 10.0. The van der Waals surface area contributed by atoms with Gasteiger partial charge in [0.15, 0.2) is 0 Å². The van der Waals surface area contributed by atoms with Gasteiger partial charge >= 0.3 is 0 Å². The van der Waals surface area contributed by atoms with E-state index in [1.807, 2.05) is 30.3 Å². The molecule has 0 fully saturated rings. The standard InChI is InChI=1S/C16H17IO/c17-15-11-9-14(10-12-15)16(18)8-4-7-13-5-2-1-3-6-13/h1-3,5-6,9-12,16,18H,4,7-8H2. The first-order valence-corrected chi connectivity index (χ1v) is 7.31. The Morgan fingerprint density at radius 3 is 2.28 bits per heavy atom. The lowest BCUT2D eigenvalue weighted by Crippen LogP contribution is -1.98. The Bertz CT molecular complexity index is 464. The van der Waals surface area contributed by atoms with Crippen LogP contribution in [0.4, 0.5) is 0 Å². The molecule has 0 radical (unpaired) electrons. The molecule has 0 amide bonds. The maximum atomic E-state index is 10.1. The molecule has 2 rings (SSSR count). The van der Waals surface area contributed by atoms with Crippen molar-refractivity contribution in [2.75, 3.05) is 0 Å². The predicted molar refractivity (Wildman–Crippen MR) is 83.5 cm³/mol. The van der Waals surface area contributed by atoms with Gasteiger partial charge in [-0.25, -0.2) is 0 Å². The number of rotatable bonds is 5. The van der Waals surface area contributed by atoms with Crippen molar-refractivity contribution in [1.29, 1.82) is 0 Å². The summed E-state index contributed by atoms with van der Waals surface area (Å²) in [5.41, 5.74) is 2.36. The molecule has 1 nitrogen and oxygen atoms in total. The zero-order valence-electron chi connectivity index (χ0n) is 10.2. The van der Waals surface area contributed by atoms with E-state index in [0.29, 0.717) is 0 Å². The summed E-state index contributed by atoms with van der Waals surface area (Å²) in [5, 5.41) is 10.1. The Morgan fingerprint density at radius 1 is 0.944 bits per heavy atom. The Kier molecular flexibility index (Phi) is 5.20. The van der Waals surface area contributed by atoms with Crippen LogP contribution >= 0.6 is 22.6 Å². The van der Waals surface area contributed by atoms with Gasteiger partial charge in [0.25, 0.3) is 0 Å². The fourth-order valence-corrected chi connectivity index (χ4v) is 2.36. The van der Waals surface area contributed by atoms with Gasteiger partial charge in [0.2, 0.25) is 0 Å². The molecule has 18 heavy (non-hydrogen) atoms. The molecule has 2 heteroatoms. The largest absolute Gasteiger partial charge is 0.388 e. The Morgan fingerprint density at radius 2 is 1.61 bits per heavy atom. The smallest absolute Gasteiger partial charge is 0.0790 e. The van der Waals surface area contributed by atoms with E-state index in [-0.39, 0.29) is 6.10 Å². The molecule has 0 heterocycles. The number of halogens is 1. The Labute approximate surface area is 122 Å². The SMILES string of the molecule is OC(CCCc1ccccc1)c1ccc(I)cc1. The highest BCUT2D eigenvalue weighted by Crippen LogP contribution is 2.20. The van der Waals surface area contributed by atoms with Crippen LogP contribution in [0.2, 0.25) is 0 Å². The molecule has 2 aromatic rings. The van der Waals surface area contributed by atoms with E-state index in [2.05, 4.69) is 46.9 Å². The lowest BCUT2D eigenvalue weighted by molar-refractivity contribution is 0.164. The van der Waals surface area contributed by atoms with E-state index in [4.69, 9.17) is 0 Å². The summed E-state index contributed by atoms with van der Waals surface area (Å²) in [6, 6.07) is 18.5. The first-order chi connectivity index (χ1) is 8.75. The Balaban J connectivity index is 1.81. The molecular weight excluding hydrogens is 335 g/mol. The molecule has 0 aromatic heterocycles. The van der Waals surface area contributed by atoms with Gasteiger partial charge in [-0.2, -0.15) is 0 Å². The molecule has 0 bridgehead atoms. The van der Waals surface area contributed by atoms with Crippen LogP contribution in [0.15, 0.2) is 54.6 Å². The second kappa shape index (κ2) is 6.90. The molecule has 94 valence electrons. The van der Waals surface area contributed by atoms with Crippen LogP contribution in [-0.2, 0) is 6.42 Å². The van der Waals surface area contributed by atoms with Crippen LogP contribution in [0, 0.1) is 3.57 Å². The van der Waals surface area contributed by atoms with Crippen molar-refractivity contribution in [1.82, 2.24) is 0 Å². The van der Waals surface area contributed by atoms with Gasteiger partial charge in [0.1, 0.15) is 0 Å². The molecule has 0 aliphatic carbocycles. The van der Waals surface area contributed by atoms with Crippen molar-refractivity contribution >= 4 is 22.6 Å². The maximum absolute atomic E-state index is 10.1. The van der Waals surface area contributed by atoms with Crippen LogP contribution in [0.1, 0.15) is 30.1 Å². The van der Waals surface area contributed by atoms with Crippen LogP contribution in [0.25, 0.3) is 0 Å². The molecular formula is C16H17IO. The summed E-state index contributed by atoms with van der Waals surface area (Å²) in [7, 11) is 0. The highest BCUT2D eigenvalue weighted by atomic mass is 127. The zero-order chi connectivity index (χ0) is 12.8. The van der Waals surface area contributed by atoms with Gasteiger partial charge in [0.05, 0.1) is 6.10 Å². The first-order valence-electron chi connectivity index (χ1n) is 6.23. The van der Waals surface area contributed by atoms with Crippen LogP contribution in [0.3, 0.4) is 0 Å². The number of aliphatic hydroxyl groups excluding tert-OH is 1. The van der Waals surface area contributed by atoms with Crippen molar-refractivity contribution in [3.8, 4) is 0 Å². The van der Waals surface area contributed by atoms with E-state index >= 15 is 0 Å². The van der Waals surface area contributed by atoms with Crippen molar-refractivity contribution in [2.24, 2.45) is 0 Å². The van der Waals surface area contributed by atoms with Crippen molar-refractivity contribution in [3.63, 3.8) is 0 Å². The molecule has 1 unspecified atom stereocenters. The van der Waals surface area contributed by atoms with Crippen molar-refractivity contribution < 1.29 is 5.11 Å². The second-order valence-corrected chi connectivity index (χ2v) is 5.69. The number of hydrogen-bond acceptors (Lipinski definition) is 1. The van der Waals surface area contributed by atoms with Gasteiger partial charge in [-0.1, -0.05) is 42.5 Å². The minimum Gasteiger partial charge on any atom is -0.388 e. The highest BCUT2D eigenvalue weighted by Gasteiger charge is 2.06. The topological polar surface area (TPSA) is 20.2 Å². The fraction of sp³-hybridized carbons (Fsp3) is 0.250. The molecule has 0 saturated heterocycles. The third-order valence-corrected chi connectivity index (χ3v) is 3.76. The minimum absolute atomic E-state index is 0.342. The summed E-state index contributed by atoms with van der Waals surface area (Å²) in [6.45, 7) is 0. The van der Waals surface area contributed by atoms with E-state index in [1.54, 1.807) is 0 Å². The molecule has 2 aromatic carbocycles. The molecule has 0 saturated carbocycles. The van der Waals surface area contributed by atoms with Gasteiger partial charge in [-0.3, -0.25) is 0 Å². The molecule has 0 spiro atoms. The monoisotopic (exact) mass is 352 g/mol. The average molecular weight is 352 g/mol. The van der Waals surface area contributed by atoms with E-state index in [9.17, 15) is 5.11 Å². The lowest BCUT2D eigenvalue weighted by Gasteiger charge is -2.11. The normalized spacial score (nSPS) is 12.3. The molecule has 1 atom stereocenters. The second-order valence-electron chi connectivity index (χ2n) is 4.45. The van der Waals surface area contributed by atoms with Crippen molar-refractivity contribution in [2.45, 2.75) is 25.4 Å². The molecule has 1 N–H and O–H groups in total. The molecule has 0 aliphatic heterocycles. The summed E-state index contributed by atoms with van der Waals surface area (Å²) < 4.78 is 1.20. The average Bonchev–Trinajstić information content (AvgIpc) is 2.40. The first kappa shape index (κ1) is 13.6. The molecule has 0 aliphatic rings. The number of hydrogen-bond donors (Lipinski definition) is 1. The van der Waals surface area contributed by atoms with Crippen LogP contribution < -0.4 is 0 Å². The zero-order valence-corrected chi connectivity index (χ0v) is 12.4. The fourth-order valence-electron chi connectivity index (χ4n) is 2.00. The van der Waals surface area contributed by atoms with E-state index < -0.39 is 0 Å². The summed E-state index contributed by atoms with van der Waals surface area (Å²) in [6.07, 6.45) is 2.51. The van der Waals surface area contributed by atoms with Gasteiger partial charge < -0.3 is 5.11 Å². The maximum Gasteiger partial charge on any atom is 0.0790 e. The van der Waals surface area contributed by atoms with E-state index in [0.717, 1.165) is 24.8 Å². The minimum atomic E-state index is -0.342. The number of benzene rings is 2. The van der Waals surface area contributed by atoms with Crippen LogP contribution in [0.5, 0.6) is 0 Å². The number of aliphatic hydroxyl groups is 1. The third kappa shape index (κ3) is 4.10. The van der Waals surface area contributed by atoms with Crippen LogP contribution in [-0.4, -0.2) is 5.11 Å².